The van der Waals surface area contributed by atoms with Gasteiger partial charge in [-0.1, -0.05) is 39.5 Å². The Morgan fingerprint density at radius 1 is 1.33 bits per heavy atom. The molecule has 7 nitrogen and oxygen atoms in total. The lowest BCUT2D eigenvalue weighted by atomic mass is 9.90. The van der Waals surface area contributed by atoms with Gasteiger partial charge in [0, 0.05) is 24.8 Å². The van der Waals surface area contributed by atoms with E-state index in [4.69, 9.17) is 4.74 Å². The van der Waals surface area contributed by atoms with Crippen LogP contribution in [0.5, 0.6) is 0 Å². The molecule has 0 bridgehead atoms. The summed E-state index contributed by atoms with van der Waals surface area (Å²) in [6.45, 7) is 10.2. The number of nitrogens with zero attached hydrogens (tertiary/aromatic N) is 4. The second-order valence-electron chi connectivity index (χ2n) is 6.48. The number of aromatic nitrogens is 3. The second kappa shape index (κ2) is 8.50. The van der Waals surface area contributed by atoms with Gasteiger partial charge >= 0.3 is 12.0 Å². The van der Waals surface area contributed by atoms with Gasteiger partial charge in [-0.3, -0.25) is 4.79 Å². The number of amides is 1. The highest BCUT2D eigenvalue weighted by Gasteiger charge is 2.28. The van der Waals surface area contributed by atoms with E-state index in [-0.39, 0.29) is 29.1 Å². The molecule has 0 saturated heterocycles. The topological polar surface area (TPSA) is 77.3 Å². The molecule has 0 spiro atoms. The third-order valence-corrected chi connectivity index (χ3v) is 4.74. The van der Waals surface area contributed by atoms with Crippen molar-refractivity contribution in [3.63, 3.8) is 0 Å². The zero-order chi connectivity index (χ0) is 18.5. The molecule has 1 heterocycles. The van der Waals surface area contributed by atoms with Gasteiger partial charge in [-0.15, -0.1) is 5.10 Å². The van der Waals surface area contributed by atoms with Crippen LogP contribution in [0, 0.1) is 0 Å². The largest absolute Gasteiger partial charge is 0.466 e. The van der Waals surface area contributed by atoms with E-state index in [0.29, 0.717) is 17.6 Å². The first-order chi connectivity index (χ1) is 11.1. The van der Waals surface area contributed by atoms with Gasteiger partial charge in [0.25, 0.3) is 0 Å². The molecule has 0 radical (unpaired) electrons. The molecule has 1 aromatic rings. The van der Waals surface area contributed by atoms with E-state index in [1.54, 1.807) is 21.0 Å². The number of hydrogen-bond acceptors (Lipinski definition) is 6. The van der Waals surface area contributed by atoms with Gasteiger partial charge < -0.3 is 9.64 Å². The number of ether oxygens (including phenoxy) is 1. The van der Waals surface area contributed by atoms with Crippen molar-refractivity contribution in [3.05, 3.63) is 5.82 Å². The van der Waals surface area contributed by atoms with Crippen LogP contribution >= 0.6 is 11.8 Å². The molecule has 8 heteroatoms. The Morgan fingerprint density at radius 2 is 1.96 bits per heavy atom. The molecule has 0 aliphatic rings. The quantitative estimate of drug-likeness (QED) is 0.552. The normalized spacial score (nSPS) is 12.8. The summed E-state index contributed by atoms with van der Waals surface area (Å²) in [6, 6.07) is -0.258. The van der Waals surface area contributed by atoms with Crippen LogP contribution in [0.3, 0.4) is 0 Å². The average molecular weight is 356 g/mol. The van der Waals surface area contributed by atoms with Crippen LogP contribution in [0.15, 0.2) is 5.16 Å². The van der Waals surface area contributed by atoms with Gasteiger partial charge in [0.2, 0.25) is 0 Å². The summed E-state index contributed by atoms with van der Waals surface area (Å²) in [6.07, 6.45) is 1.11. The molecule has 0 aliphatic heterocycles. The van der Waals surface area contributed by atoms with Crippen LogP contribution in [0.1, 0.15) is 53.3 Å². The Hall–Kier alpha value is -1.57. The molecule has 0 aliphatic carbocycles. The highest BCUT2D eigenvalue weighted by Crippen LogP contribution is 2.29. The van der Waals surface area contributed by atoms with Crippen molar-refractivity contribution in [2.45, 2.75) is 63.3 Å². The van der Waals surface area contributed by atoms with Crippen LogP contribution in [-0.2, 0) is 14.9 Å². The van der Waals surface area contributed by atoms with Crippen molar-refractivity contribution < 1.29 is 14.3 Å². The maximum atomic E-state index is 12.4. The van der Waals surface area contributed by atoms with E-state index in [1.807, 2.05) is 20.8 Å². The van der Waals surface area contributed by atoms with Gasteiger partial charge in [-0.25, -0.2) is 9.78 Å². The predicted octanol–water partition coefficient (Wildman–Crippen LogP) is 2.93. The Morgan fingerprint density at radius 3 is 2.46 bits per heavy atom. The van der Waals surface area contributed by atoms with Crippen LogP contribution in [0.25, 0.3) is 0 Å². The molecular formula is C16H28N4O3S. The molecule has 1 rings (SSSR count). The highest BCUT2D eigenvalue weighted by molar-refractivity contribution is 7.99. The van der Waals surface area contributed by atoms with E-state index >= 15 is 0 Å². The molecule has 0 fully saturated rings. The summed E-state index contributed by atoms with van der Waals surface area (Å²) in [4.78, 5) is 30.0. The lowest BCUT2D eigenvalue weighted by Crippen LogP contribution is -2.29. The number of hydrogen-bond donors (Lipinski definition) is 0. The zero-order valence-corrected chi connectivity index (χ0v) is 16.4. The minimum Gasteiger partial charge on any atom is -0.466 e. The summed E-state index contributed by atoms with van der Waals surface area (Å²) in [5, 5.41) is 4.85. The standard InChI is InChI=1S/C16H28N4O3S/c1-8-16(4,5)13-17-14(20(18-13)15(22)19(6)7)24-11(3)10-12(21)23-9-2/h11H,8-10H2,1-7H3. The molecule has 1 atom stereocenters. The first-order valence-electron chi connectivity index (χ1n) is 8.13. The van der Waals surface area contributed by atoms with E-state index in [1.165, 1.54) is 21.3 Å². The third-order valence-electron chi connectivity index (χ3n) is 3.70. The Balaban J connectivity index is 3.06. The molecule has 1 amide bonds. The van der Waals surface area contributed by atoms with Crippen molar-refractivity contribution in [2.24, 2.45) is 0 Å². The van der Waals surface area contributed by atoms with Crippen molar-refractivity contribution in [1.29, 1.82) is 0 Å². The molecular weight excluding hydrogens is 328 g/mol. The fourth-order valence-corrected chi connectivity index (χ4v) is 2.75. The van der Waals surface area contributed by atoms with Crippen LogP contribution in [0.2, 0.25) is 0 Å². The summed E-state index contributed by atoms with van der Waals surface area (Å²) in [5.74, 6) is 0.377. The Kier molecular flexibility index (Phi) is 7.26. The monoisotopic (exact) mass is 356 g/mol. The predicted molar refractivity (Wildman–Crippen MR) is 94.4 cm³/mol. The van der Waals surface area contributed by atoms with E-state index in [2.05, 4.69) is 17.0 Å². The van der Waals surface area contributed by atoms with E-state index in [0.717, 1.165) is 6.42 Å². The summed E-state index contributed by atoms with van der Waals surface area (Å²) < 4.78 is 6.29. The second-order valence-corrected chi connectivity index (χ2v) is 7.89. The zero-order valence-electron chi connectivity index (χ0n) is 15.6. The maximum absolute atomic E-state index is 12.4. The van der Waals surface area contributed by atoms with Gasteiger partial charge in [-0.2, -0.15) is 4.68 Å². The molecule has 24 heavy (non-hydrogen) atoms. The van der Waals surface area contributed by atoms with Crippen molar-refractivity contribution in [1.82, 2.24) is 19.7 Å². The molecule has 0 N–H and O–H groups in total. The number of esters is 1. The fourth-order valence-electron chi connectivity index (χ4n) is 1.81. The van der Waals surface area contributed by atoms with Crippen molar-refractivity contribution in [2.75, 3.05) is 20.7 Å². The molecule has 1 unspecified atom stereocenters. The summed E-state index contributed by atoms with van der Waals surface area (Å²) in [7, 11) is 3.34. The lowest BCUT2D eigenvalue weighted by molar-refractivity contribution is -0.142. The summed E-state index contributed by atoms with van der Waals surface area (Å²) >= 11 is 1.36. The molecule has 136 valence electrons. The first kappa shape index (κ1) is 20.5. The van der Waals surface area contributed by atoms with Gasteiger partial charge in [0.05, 0.1) is 13.0 Å². The average Bonchev–Trinajstić information content (AvgIpc) is 2.90. The lowest BCUT2D eigenvalue weighted by Gasteiger charge is -2.17. The van der Waals surface area contributed by atoms with Crippen LogP contribution in [-0.4, -0.2) is 57.6 Å². The van der Waals surface area contributed by atoms with Crippen molar-refractivity contribution >= 4 is 23.8 Å². The third kappa shape index (κ3) is 5.22. The molecule has 0 aromatic carbocycles. The number of carbonyl (C=O) groups excluding carboxylic acids is 2. The number of thioether (sulfide) groups is 1. The summed E-state index contributed by atoms with van der Waals surface area (Å²) in [5.41, 5.74) is -0.225. The van der Waals surface area contributed by atoms with Crippen LogP contribution in [0.4, 0.5) is 4.79 Å². The van der Waals surface area contributed by atoms with Crippen molar-refractivity contribution in [3.8, 4) is 0 Å². The van der Waals surface area contributed by atoms with Gasteiger partial charge in [0.1, 0.15) is 0 Å². The first-order valence-corrected chi connectivity index (χ1v) is 9.01. The minimum atomic E-state index is -0.258. The number of carbonyl (C=O) groups is 2. The van der Waals surface area contributed by atoms with Gasteiger partial charge in [-0.05, 0) is 13.3 Å². The SMILES string of the molecule is CCOC(=O)CC(C)Sc1nc(C(C)(C)CC)nn1C(=O)N(C)C. The number of rotatable bonds is 7. The Bertz CT molecular complexity index is 584. The van der Waals surface area contributed by atoms with E-state index in [9.17, 15) is 9.59 Å². The molecule has 0 saturated carbocycles. The fraction of sp³-hybridized carbons (Fsp3) is 0.750. The Labute approximate surface area is 148 Å². The van der Waals surface area contributed by atoms with E-state index < -0.39 is 0 Å². The van der Waals surface area contributed by atoms with Crippen LogP contribution < -0.4 is 0 Å². The maximum Gasteiger partial charge on any atom is 0.346 e. The highest BCUT2D eigenvalue weighted by atomic mass is 32.2. The minimum absolute atomic E-state index is 0.0699. The molecule has 1 aromatic heterocycles. The van der Waals surface area contributed by atoms with Gasteiger partial charge in [0.15, 0.2) is 11.0 Å². The smallest absolute Gasteiger partial charge is 0.346 e.